The van der Waals surface area contributed by atoms with Crippen LogP contribution in [-0.2, 0) is 16.1 Å². The van der Waals surface area contributed by atoms with Crippen LogP contribution >= 0.6 is 0 Å². The summed E-state index contributed by atoms with van der Waals surface area (Å²) in [6.45, 7) is 5.82. The van der Waals surface area contributed by atoms with Crippen LogP contribution in [-0.4, -0.2) is 36.8 Å². The minimum absolute atomic E-state index is 0.0894. The third kappa shape index (κ3) is 5.98. The number of amides is 1. The van der Waals surface area contributed by atoms with Crippen LogP contribution in [0.1, 0.15) is 38.8 Å². The first-order valence-electron chi connectivity index (χ1n) is 8.40. The van der Waals surface area contributed by atoms with Crippen LogP contribution in [0.5, 0.6) is 0 Å². The zero-order chi connectivity index (χ0) is 18.9. The largest absolute Gasteiger partial charge is 0.478 e. The highest BCUT2D eigenvalue weighted by Crippen LogP contribution is 2.15. The van der Waals surface area contributed by atoms with E-state index in [1.165, 1.54) is 12.1 Å². The van der Waals surface area contributed by atoms with E-state index in [0.29, 0.717) is 43.2 Å². The van der Waals surface area contributed by atoms with E-state index in [-0.39, 0.29) is 11.5 Å². The highest BCUT2D eigenvalue weighted by molar-refractivity contribution is 6.05. The van der Waals surface area contributed by atoms with Crippen LogP contribution in [0.25, 0.3) is 0 Å². The minimum Gasteiger partial charge on any atom is -0.478 e. The second-order valence-corrected chi connectivity index (χ2v) is 5.80. The van der Waals surface area contributed by atoms with Crippen LogP contribution in [0.4, 0.5) is 5.69 Å². The summed E-state index contributed by atoms with van der Waals surface area (Å²) in [6, 6.07) is 11.9. The van der Waals surface area contributed by atoms with Gasteiger partial charge in [-0.3, -0.25) is 4.79 Å². The van der Waals surface area contributed by atoms with Crippen LogP contribution in [0.2, 0.25) is 0 Å². The highest BCUT2D eigenvalue weighted by Gasteiger charge is 2.11. The molecule has 0 spiro atoms. The van der Waals surface area contributed by atoms with Crippen molar-refractivity contribution in [1.82, 2.24) is 0 Å². The summed E-state index contributed by atoms with van der Waals surface area (Å²) in [7, 11) is 0. The van der Waals surface area contributed by atoms with Gasteiger partial charge in [0.1, 0.15) is 0 Å². The molecule has 0 saturated heterocycles. The van der Waals surface area contributed by atoms with Crippen molar-refractivity contribution in [3.63, 3.8) is 0 Å². The molecule has 1 amide bonds. The molecule has 0 unspecified atom stereocenters. The zero-order valence-electron chi connectivity index (χ0n) is 15.0. The van der Waals surface area contributed by atoms with E-state index in [0.717, 1.165) is 5.56 Å². The summed E-state index contributed by atoms with van der Waals surface area (Å²) >= 11 is 0. The molecule has 0 fully saturated rings. The van der Waals surface area contributed by atoms with E-state index in [1.807, 2.05) is 25.1 Å². The van der Waals surface area contributed by atoms with Gasteiger partial charge in [0, 0.05) is 17.9 Å². The number of anilines is 1. The average molecular weight is 357 g/mol. The molecule has 2 aromatic carbocycles. The van der Waals surface area contributed by atoms with Crippen molar-refractivity contribution < 1.29 is 24.2 Å². The van der Waals surface area contributed by atoms with Crippen molar-refractivity contribution in [2.75, 3.05) is 25.1 Å². The Bertz CT molecular complexity index is 773. The van der Waals surface area contributed by atoms with Gasteiger partial charge in [0.15, 0.2) is 0 Å². The molecular weight excluding hydrogens is 334 g/mol. The van der Waals surface area contributed by atoms with E-state index in [1.54, 1.807) is 19.1 Å². The summed E-state index contributed by atoms with van der Waals surface area (Å²) in [5.41, 5.74) is 2.66. The second kappa shape index (κ2) is 9.70. The molecule has 138 valence electrons. The standard InChI is InChI=1S/C20H23NO5/c1-3-25-7-8-26-13-15-5-4-6-18(11-15)21-19(22)16-9-14(2)10-17(12-16)20(23)24/h4-6,9-12H,3,7-8,13H2,1-2H3,(H,21,22)(H,23,24). The number of carbonyl (C=O) groups is 2. The Morgan fingerprint density at radius 1 is 1.04 bits per heavy atom. The summed E-state index contributed by atoms with van der Waals surface area (Å²) < 4.78 is 10.7. The first-order valence-corrected chi connectivity index (χ1v) is 8.40. The maximum Gasteiger partial charge on any atom is 0.335 e. The predicted octanol–water partition coefficient (Wildman–Crippen LogP) is 3.50. The number of carboxylic acid groups (broad SMARTS) is 1. The van der Waals surface area contributed by atoms with Crippen LogP contribution in [0, 0.1) is 6.92 Å². The molecule has 0 atom stereocenters. The third-order valence-electron chi connectivity index (χ3n) is 3.62. The molecule has 0 aromatic heterocycles. The van der Waals surface area contributed by atoms with Gasteiger partial charge >= 0.3 is 5.97 Å². The van der Waals surface area contributed by atoms with Crippen molar-refractivity contribution in [3.05, 3.63) is 64.7 Å². The molecule has 6 nitrogen and oxygen atoms in total. The number of nitrogens with one attached hydrogen (secondary N) is 1. The second-order valence-electron chi connectivity index (χ2n) is 5.80. The Morgan fingerprint density at radius 2 is 1.77 bits per heavy atom. The molecule has 2 N–H and O–H groups in total. The summed E-state index contributed by atoms with van der Waals surface area (Å²) in [4.78, 5) is 23.6. The number of ether oxygens (including phenoxy) is 2. The number of hydrogen-bond acceptors (Lipinski definition) is 4. The molecule has 0 aliphatic heterocycles. The third-order valence-corrected chi connectivity index (χ3v) is 3.62. The van der Waals surface area contributed by atoms with E-state index in [4.69, 9.17) is 14.6 Å². The minimum atomic E-state index is -1.06. The molecule has 2 aromatic rings. The average Bonchev–Trinajstić information content (AvgIpc) is 2.61. The summed E-state index contributed by atoms with van der Waals surface area (Å²) in [6.07, 6.45) is 0. The molecule has 0 heterocycles. The Kier molecular flexibility index (Phi) is 7.32. The summed E-state index contributed by atoms with van der Waals surface area (Å²) in [5.74, 6) is -1.42. The lowest BCUT2D eigenvalue weighted by molar-refractivity contribution is 0.0453. The van der Waals surface area contributed by atoms with E-state index in [2.05, 4.69) is 5.32 Å². The lowest BCUT2D eigenvalue weighted by atomic mass is 10.1. The van der Waals surface area contributed by atoms with Gasteiger partial charge in [0.25, 0.3) is 5.91 Å². The van der Waals surface area contributed by atoms with Crippen molar-refractivity contribution in [1.29, 1.82) is 0 Å². The SMILES string of the molecule is CCOCCOCc1cccc(NC(=O)c2cc(C)cc(C(=O)O)c2)c1. The quantitative estimate of drug-likeness (QED) is 0.671. The number of rotatable bonds is 9. The number of aromatic carboxylic acids is 1. The lowest BCUT2D eigenvalue weighted by Gasteiger charge is -2.09. The van der Waals surface area contributed by atoms with Gasteiger partial charge in [-0.1, -0.05) is 12.1 Å². The molecule has 6 heteroatoms. The molecule has 0 saturated carbocycles. The molecular formula is C20H23NO5. The monoisotopic (exact) mass is 357 g/mol. The number of carboxylic acids is 1. The van der Waals surface area contributed by atoms with Gasteiger partial charge in [-0.15, -0.1) is 0 Å². The van der Waals surface area contributed by atoms with Crippen LogP contribution in [0.3, 0.4) is 0 Å². The van der Waals surface area contributed by atoms with E-state index >= 15 is 0 Å². The molecule has 0 radical (unpaired) electrons. The summed E-state index contributed by atoms with van der Waals surface area (Å²) in [5, 5.41) is 11.9. The smallest absolute Gasteiger partial charge is 0.335 e. The predicted molar refractivity (Wildman–Crippen MR) is 98.7 cm³/mol. The number of hydrogen-bond donors (Lipinski definition) is 2. The van der Waals surface area contributed by atoms with Crippen molar-refractivity contribution in [3.8, 4) is 0 Å². The Hall–Kier alpha value is -2.70. The normalized spacial score (nSPS) is 10.5. The maximum absolute atomic E-state index is 12.4. The van der Waals surface area contributed by atoms with Gasteiger partial charge in [-0.05, 0) is 55.3 Å². The maximum atomic E-state index is 12.4. The fourth-order valence-electron chi connectivity index (χ4n) is 2.43. The van der Waals surface area contributed by atoms with Crippen LogP contribution < -0.4 is 5.32 Å². The molecule has 0 aliphatic rings. The van der Waals surface area contributed by atoms with Gasteiger partial charge < -0.3 is 19.9 Å². The first-order chi connectivity index (χ1) is 12.5. The fraction of sp³-hybridized carbons (Fsp3) is 0.300. The van der Waals surface area contributed by atoms with E-state index < -0.39 is 5.97 Å². The van der Waals surface area contributed by atoms with Crippen molar-refractivity contribution >= 4 is 17.6 Å². The molecule has 26 heavy (non-hydrogen) atoms. The van der Waals surface area contributed by atoms with Crippen molar-refractivity contribution in [2.24, 2.45) is 0 Å². The van der Waals surface area contributed by atoms with Gasteiger partial charge in [0.2, 0.25) is 0 Å². The molecule has 0 bridgehead atoms. The van der Waals surface area contributed by atoms with Crippen LogP contribution in [0.15, 0.2) is 42.5 Å². The number of aryl methyl sites for hydroxylation is 1. The zero-order valence-corrected chi connectivity index (χ0v) is 15.0. The lowest BCUT2D eigenvalue weighted by Crippen LogP contribution is -2.13. The first kappa shape index (κ1) is 19.6. The Balaban J connectivity index is 2.01. The molecule has 2 rings (SSSR count). The molecule has 0 aliphatic carbocycles. The van der Waals surface area contributed by atoms with Crippen molar-refractivity contribution in [2.45, 2.75) is 20.5 Å². The van der Waals surface area contributed by atoms with Gasteiger partial charge in [-0.25, -0.2) is 4.79 Å². The van der Waals surface area contributed by atoms with Gasteiger partial charge in [0.05, 0.1) is 25.4 Å². The highest BCUT2D eigenvalue weighted by atomic mass is 16.5. The number of benzene rings is 2. The fourth-order valence-corrected chi connectivity index (χ4v) is 2.43. The van der Waals surface area contributed by atoms with Gasteiger partial charge in [-0.2, -0.15) is 0 Å². The van der Waals surface area contributed by atoms with E-state index in [9.17, 15) is 9.59 Å². The Morgan fingerprint density at radius 3 is 2.50 bits per heavy atom. The number of carbonyl (C=O) groups excluding carboxylic acids is 1. The topological polar surface area (TPSA) is 84.9 Å². The Labute approximate surface area is 152 Å².